The number of pyridine rings is 2. The van der Waals surface area contributed by atoms with Gasteiger partial charge in [-0.1, -0.05) is 39.2 Å². The number of benzene rings is 1. The van der Waals surface area contributed by atoms with Crippen LogP contribution < -0.4 is 10.5 Å². The van der Waals surface area contributed by atoms with Crippen LogP contribution in [0.3, 0.4) is 0 Å². The first-order chi connectivity index (χ1) is 17.0. The summed E-state index contributed by atoms with van der Waals surface area (Å²) in [6.45, 7) is 4.99. The molecule has 0 bridgehead atoms. The van der Waals surface area contributed by atoms with Crippen LogP contribution in [0.15, 0.2) is 34.1 Å². The third-order valence-electron chi connectivity index (χ3n) is 7.54. The van der Waals surface area contributed by atoms with E-state index in [2.05, 4.69) is 11.8 Å². The van der Waals surface area contributed by atoms with Gasteiger partial charge in [-0.25, -0.2) is 14.8 Å². The fraction of sp³-hybridized carbons (Fsp3) is 0.407. The molecule has 0 spiro atoms. The van der Waals surface area contributed by atoms with Crippen LogP contribution in [0.1, 0.15) is 62.6 Å². The van der Waals surface area contributed by atoms with Crippen molar-refractivity contribution in [1.29, 1.82) is 0 Å². The first-order valence-electron chi connectivity index (χ1n) is 12.4. The minimum absolute atomic E-state index is 0.121. The number of unbranched alkanes of at least 4 members (excludes halogenated alkanes) is 3. The van der Waals surface area contributed by atoms with Crippen LogP contribution >= 0.6 is 0 Å². The van der Waals surface area contributed by atoms with Crippen LogP contribution in [0.5, 0.6) is 0 Å². The molecule has 180 valence electrons. The van der Waals surface area contributed by atoms with E-state index in [9.17, 15) is 14.7 Å². The van der Waals surface area contributed by atoms with Gasteiger partial charge in [-0.3, -0.25) is 4.79 Å². The van der Waals surface area contributed by atoms with Gasteiger partial charge in [0, 0.05) is 17.7 Å². The lowest BCUT2D eigenvalue weighted by Gasteiger charge is -2.31. The highest BCUT2D eigenvalue weighted by atomic mass is 16.6. The van der Waals surface area contributed by atoms with Gasteiger partial charge in [0.05, 0.1) is 52.1 Å². The topological polar surface area (TPSA) is 97.0 Å². The van der Waals surface area contributed by atoms with Crippen LogP contribution in [0.4, 0.5) is 11.4 Å². The third-order valence-corrected chi connectivity index (χ3v) is 7.54. The molecule has 0 fully saturated rings. The number of carbonyl (C=O) groups is 1. The third kappa shape index (κ3) is 3.09. The standard InChI is InChI=1S/C27H28N4O4/c1-3-5-6-7-11-30-15-28-19-9-8-10-20-22(19)24(30)16-13-31-21(23(16)29-20)12-18-17(25(31)32)14-35-26(33)27(18,34)4-2/h8-10,12,15,34H,3-7,11,13-14H2,1-2H3/t27-/m0/s1. The summed E-state index contributed by atoms with van der Waals surface area (Å²) in [6.07, 6.45) is 6.57. The number of hydrogen-bond donors (Lipinski definition) is 1. The highest BCUT2D eigenvalue weighted by molar-refractivity contribution is 6.11. The number of nitrogens with zero attached hydrogens (tertiary/aromatic N) is 4. The lowest BCUT2D eigenvalue weighted by Crippen LogP contribution is -2.44. The van der Waals surface area contributed by atoms with Gasteiger partial charge < -0.3 is 19.3 Å². The predicted octanol–water partition coefficient (Wildman–Crippen LogP) is 4.14. The molecule has 0 unspecified atom stereocenters. The monoisotopic (exact) mass is 472 g/mol. The summed E-state index contributed by atoms with van der Waals surface area (Å²) >= 11 is 0. The van der Waals surface area contributed by atoms with Gasteiger partial charge in [-0.05, 0) is 31.0 Å². The highest BCUT2D eigenvalue weighted by Crippen LogP contribution is 2.46. The molecule has 1 atom stereocenters. The number of aliphatic imine (C=N–C) groups is 1. The van der Waals surface area contributed by atoms with Crippen molar-refractivity contribution < 1.29 is 14.6 Å². The summed E-state index contributed by atoms with van der Waals surface area (Å²) in [5.41, 5.74) is 3.65. The van der Waals surface area contributed by atoms with Crippen LogP contribution in [0.2, 0.25) is 0 Å². The van der Waals surface area contributed by atoms with Crippen LogP contribution in [-0.4, -0.2) is 33.5 Å². The van der Waals surface area contributed by atoms with Gasteiger partial charge in [0.25, 0.3) is 5.56 Å². The molecule has 1 N–H and O–H groups in total. The molecule has 3 aliphatic heterocycles. The van der Waals surface area contributed by atoms with Gasteiger partial charge in [0.1, 0.15) is 6.61 Å². The zero-order valence-corrected chi connectivity index (χ0v) is 20.0. The number of hydrogen-bond acceptors (Lipinski definition) is 7. The summed E-state index contributed by atoms with van der Waals surface area (Å²) in [5.74, 6) is -0.712. The second-order valence-corrected chi connectivity index (χ2v) is 9.56. The van der Waals surface area contributed by atoms with Crippen molar-refractivity contribution in [3.05, 3.63) is 51.3 Å². The van der Waals surface area contributed by atoms with Crippen molar-refractivity contribution >= 4 is 34.6 Å². The highest BCUT2D eigenvalue weighted by Gasteiger charge is 2.45. The Morgan fingerprint density at radius 1 is 1.14 bits per heavy atom. The largest absolute Gasteiger partial charge is 0.458 e. The molecule has 2 aromatic heterocycles. The predicted molar refractivity (Wildman–Crippen MR) is 134 cm³/mol. The SMILES string of the molecule is CCCCCCN1C=Nc2cccc3nc4c(c1c23)Cn1c-4cc2c(c1=O)COC(=O)[C@]2(O)CC. The summed E-state index contributed by atoms with van der Waals surface area (Å²) < 4.78 is 6.90. The van der Waals surface area contributed by atoms with E-state index in [-0.39, 0.29) is 18.6 Å². The Bertz CT molecular complexity index is 1470. The maximum atomic E-state index is 13.6. The molecule has 0 radical (unpaired) electrons. The zero-order chi connectivity index (χ0) is 24.3. The van der Waals surface area contributed by atoms with Gasteiger partial charge in [-0.2, -0.15) is 0 Å². The minimum atomic E-state index is -1.83. The fourth-order valence-electron chi connectivity index (χ4n) is 5.58. The summed E-state index contributed by atoms with van der Waals surface area (Å²) in [6, 6.07) is 7.67. The molecular formula is C27H28N4O4. The maximum Gasteiger partial charge on any atom is 0.343 e. The molecule has 0 saturated heterocycles. The minimum Gasteiger partial charge on any atom is -0.458 e. The first-order valence-corrected chi connectivity index (χ1v) is 12.4. The summed E-state index contributed by atoms with van der Waals surface area (Å²) in [4.78, 5) is 37.9. The quantitative estimate of drug-likeness (QED) is 0.335. The van der Waals surface area contributed by atoms with Gasteiger partial charge in [0.2, 0.25) is 0 Å². The number of aromatic nitrogens is 2. The Morgan fingerprint density at radius 3 is 2.80 bits per heavy atom. The average molecular weight is 473 g/mol. The molecule has 0 saturated carbocycles. The van der Waals surface area contributed by atoms with Crippen molar-refractivity contribution in [3.8, 4) is 11.4 Å². The Hall–Kier alpha value is -3.52. The lowest BCUT2D eigenvalue weighted by molar-refractivity contribution is -0.172. The number of ether oxygens (including phenoxy) is 1. The Balaban J connectivity index is 1.55. The molecular weight excluding hydrogens is 444 g/mol. The van der Waals surface area contributed by atoms with Crippen molar-refractivity contribution in [2.45, 2.75) is 64.7 Å². The van der Waals surface area contributed by atoms with E-state index in [4.69, 9.17) is 14.7 Å². The van der Waals surface area contributed by atoms with Gasteiger partial charge in [-0.15, -0.1) is 0 Å². The van der Waals surface area contributed by atoms with Crippen LogP contribution in [-0.2, 0) is 28.3 Å². The number of fused-ring (bicyclic) bond motifs is 5. The molecule has 1 aromatic carbocycles. The Morgan fingerprint density at radius 2 is 2.00 bits per heavy atom. The van der Waals surface area contributed by atoms with E-state index in [1.165, 1.54) is 12.8 Å². The fourth-order valence-corrected chi connectivity index (χ4v) is 5.58. The van der Waals surface area contributed by atoms with Crippen molar-refractivity contribution in [3.63, 3.8) is 0 Å². The van der Waals surface area contributed by atoms with E-state index in [0.29, 0.717) is 23.4 Å². The number of rotatable bonds is 6. The number of carbonyl (C=O) groups excluding carboxylic acids is 1. The molecule has 8 nitrogen and oxygen atoms in total. The number of anilines is 1. The first kappa shape index (κ1) is 22.0. The lowest BCUT2D eigenvalue weighted by atomic mass is 9.86. The number of cyclic esters (lactones) is 1. The normalized spacial score (nSPS) is 19.5. The molecule has 3 aromatic rings. The van der Waals surface area contributed by atoms with Crippen molar-refractivity contribution in [2.24, 2.45) is 4.99 Å². The van der Waals surface area contributed by atoms with E-state index in [0.717, 1.165) is 52.9 Å². The molecule has 35 heavy (non-hydrogen) atoms. The number of aliphatic hydroxyl groups is 1. The van der Waals surface area contributed by atoms with Crippen molar-refractivity contribution in [1.82, 2.24) is 9.55 Å². The van der Waals surface area contributed by atoms with Gasteiger partial charge in [0.15, 0.2) is 5.60 Å². The smallest absolute Gasteiger partial charge is 0.343 e. The molecule has 5 heterocycles. The Kier molecular flexibility index (Phi) is 5.03. The average Bonchev–Trinajstić information content (AvgIpc) is 3.24. The molecule has 0 aliphatic carbocycles. The van der Waals surface area contributed by atoms with Crippen molar-refractivity contribution in [2.75, 3.05) is 11.4 Å². The molecule has 6 rings (SSSR count). The van der Waals surface area contributed by atoms with E-state index >= 15 is 0 Å². The molecule has 8 heteroatoms. The second-order valence-electron chi connectivity index (χ2n) is 9.56. The molecule has 0 amide bonds. The summed E-state index contributed by atoms with van der Waals surface area (Å²) in [7, 11) is 0. The second kappa shape index (κ2) is 8.02. The van der Waals surface area contributed by atoms with Crippen LogP contribution in [0.25, 0.3) is 22.3 Å². The Labute approximate surface area is 202 Å². The molecule has 3 aliphatic rings. The maximum absolute atomic E-state index is 13.6. The van der Waals surface area contributed by atoms with Crippen LogP contribution in [0, 0.1) is 0 Å². The summed E-state index contributed by atoms with van der Waals surface area (Å²) in [5, 5.41) is 12.1. The zero-order valence-electron chi connectivity index (χ0n) is 20.0. The van der Waals surface area contributed by atoms with E-state index in [1.54, 1.807) is 17.6 Å². The van der Waals surface area contributed by atoms with E-state index in [1.807, 2.05) is 24.5 Å². The van der Waals surface area contributed by atoms with E-state index < -0.39 is 11.6 Å². The van der Waals surface area contributed by atoms with Gasteiger partial charge >= 0.3 is 5.97 Å². The number of esters is 1.